The van der Waals surface area contributed by atoms with Crippen LogP contribution in [0.1, 0.15) is 28.4 Å². The summed E-state index contributed by atoms with van der Waals surface area (Å²) in [6, 6.07) is 13.7. The van der Waals surface area contributed by atoms with E-state index in [1.165, 1.54) is 0 Å². The standard InChI is InChI=1S/C19H15ClN2O3/c1-11-3-5-13(6-4-11)18(23)22-21-12(2)16-10-14-9-15(20)7-8-17(14)25-19(16)24/h3-10H,1-2H3,(H,22,23). The minimum Gasteiger partial charge on any atom is -0.422 e. The highest BCUT2D eigenvalue weighted by atomic mass is 35.5. The van der Waals surface area contributed by atoms with Crippen LogP contribution in [-0.4, -0.2) is 11.6 Å². The van der Waals surface area contributed by atoms with Gasteiger partial charge in [0.05, 0.1) is 11.3 Å². The Morgan fingerprint density at radius 1 is 1.12 bits per heavy atom. The number of amides is 1. The van der Waals surface area contributed by atoms with Crippen LogP contribution in [0.25, 0.3) is 11.0 Å². The zero-order chi connectivity index (χ0) is 18.0. The monoisotopic (exact) mass is 354 g/mol. The van der Waals surface area contributed by atoms with Crippen molar-refractivity contribution in [3.63, 3.8) is 0 Å². The second kappa shape index (κ2) is 6.91. The first-order valence-electron chi connectivity index (χ1n) is 7.59. The number of nitrogens with zero attached hydrogens (tertiary/aromatic N) is 1. The molecule has 0 saturated heterocycles. The molecule has 3 aromatic rings. The molecule has 126 valence electrons. The van der Waals surface area contributed by atoms with E-state index < -0.39 is 5.63 Å². The minimum absolute atomic E-state index is 0.263. The van der Waals surface area contributed by atoms with Gasteiger partial charge in [-0.1, -0.05) is 29.3 Å². The number of rotatable bonds is 3. The Morgan fingerprint density at radius 2 is 1.84 bits per heavy atom. The van der Waals surface area contributed by atoms with Gasteiger partial charge in [-0.25, -0.2) is 10.2 Å². The number of benzene rings is 2. The molecule has 0 aliphatic heterocycles. The molecule has 1 aromatic heterocycles. The van der Waals surface area contributed by atoms with E-state index in [-0.39, 0.29) is 11.5 Å². The van der Waals surface area contributed by atoms with Crippen LogP contribution in [0.5, 0.6) is 0 Å². The predicted octanol–water partition coefficient (Wildman–Crippen LogP) is 3.91. The van der Waals surface area contributed by atoms with Crippen molar-refractivity contribution < 1.29 is 9.21 Å². The Kier molecular flexibility index (Phi) is 4.67. The predicted molar refractivity (Wildman–Crippen MR) is 98.4 cm³/mol. The third-order valence-corrected chi connectivity index (χ3v) is 3.96. The summed E-state index contributed by atoms with van der Waals surface area (Å²) in [6.07, 6.45) is 0. The topological polar surface area (TPSA) is 71.7 Å². The second-order valence-corrected chi connectivity index (χ2v) is 6.07. The van der Waals surface area contributed by atoms with Crippen molar-refractivity contribution in [2.45, 2.75) is 13.8 Å². The molecule has 5 nitrogen and oxygen atoms in total. The van der Waals surface area contributed by atoms with Crippen LogP contribution in [0.3, 0.4) is 0 Å². The maximum absolute atomic E-state index is 12.1. The second-order valence-electron chi connectivity index (χ2n) is 5.63. The molecule has 25 heavy (non-hydrogen) atoms. The maximum Gasteiger partial charge on any atom is 0.345 e. The van der Waals surface area contributed by atoms with Gasteiger partial charge >= 0.3 is 5.63 Å². The summed E-state index contributed by atoms with van der Waals surface area (Å²) in [4.78, 5) is 24.2. The Labute approximate surface area is 148 Å². The van der Waals surface area contributed by atoms with Gasteiger partial charge < -0.3 is 4.42 Å². The van der Waals surface area contributed by atoms with Crippen LogP contribution in [-0.2, 0) is 0 Å². The fourth-order valence-electron chi connectivity index (χ4n) is 2.31. The van der Waals surface area contributed by atoms with Gasteiger partial charge in [0.25, 0.3) is 5.91 Å². The number of aryl methyl sites for hydroxylation is 1. The van der Waals surface area contributed by atoms with Gasteiger partial charge in [0.15, 0.2) is 0 Å². The first-order valence-corrected chi connectivity index (χ1v) is 7.97. The van der Waals surface area contributed by atoms with Gasteiger partial charge in [0, 0.05) is 16.0 Å². The smallest absolute Gasteiger partial charge is 0.345 e. The Balaban J connectivity index is 1.88. The van der Waals surface area contributed by atoms with Gasteiger partial charge in [-0.3, -0.25) is 4.79 Å². The summed E-state index contributed by atoms with van der Waals surface area (Å²) in [5, 5.41) is 5.23. The van der Waals surface area contributed by atoms with E-state index in [9.17, 15) is 9.59 Å². The third kappa shape index (κ3) is 3.78. The van der Waals surface area contributed by atoms with E-state index in [0.717, 1.165) is 5.56 Å². The lowest BCUT2D eigenvalue weighted by atomic mass is 10.1. The fraction of sp³-hybridized carbons (Fsp3) is 0.105. The SMILES string of the molecule is CC(=NNC(=O)c1ccc(C)cc1)c1cc2cc(Cl)ccc2oc1=O. The van der Waals surface area contributed by atoms with Crippen molar-refractivity contribution in [1.29, 1.82) is 0 Å². The average Bonchev–Trinajstić information content (AvgIpc) is 2.59. The Bertz CT molecular complexity index is 1040. The number of carbonyl (C=O) groups is 1. The van der Waals surface area contributed by atoms with Crippen molar-refractivity contribution in [1.82, 2.24) is 5.43 Å². The summed E-state index contributed by atoms with van der Waals surface area (Å²) in [5.41, 5.74) is 4.51. The van der Waals surface area contributed by atoms with Crippen LogP contribution in [0.4, 0.5) is 0 Å². The van der Waals surface area contributed by atoms with Crippen LogP contribution in [0, 0.1) is 6.92 Å². The number of halogens is 1. The molecule has 0 aliphatic carbocycles. The molecule has 1 N–H and O–H groups in total. The fourth-order valence-corrected chi connectivity index (χ4v) is 2.49. The number of fused-ring (bicyclic) bond motifs is 1. The van der Waals surface area contributed by atoms with Crippen LogP contribution >= 0.6 is 11.6 Å². The minimum atomic E-state index is -0.527. The molecule has 3 rings (SSSR count). The lowest BCUT2D eigenvalue weighted by Crippen LogP contribution is -2.21. The summed E-state index contributed by atoms with van der Waals surface area (Å²) in [5.74, 6) is -0.354. The van der Waals surface area contributed by atoms with Crippen molar-refractivity contribution in [2.24, 2.45) is 5.10 Å². The molecule has 0 aliphatic rings. The summed E-state index contributed by atoms with van der Waals surface area (Å²) >= 11 is 5.96. The van der Waals surface area contributed by atoms with E-state index in [4.69, 9.17) is 16.0 Å². The van der Waals surface area contributed by atoms with Gasteiger partial charge in [-0.2, -0.15) is 5.10 Å². The number of nitrogens with one attached hydrogen (secondary N) is 1. The highest BCUT2D eigenvalue weighted by Gasteiger charge is 2.10. The molecule has 0 spiro atoms. The van der Waals surface area contributed by atoms with Gasteiger partial charge in [-0.05, 0) is 50.2 Å². The number of carbonyl (C=O) groups excluding carboxylic acids is 1. The molecule has 0 bridgehead atoms. The molecule has 2 aromatic carbocycles. The van der Waals surface area contributed by atoms with E-state index in [0.29, 0.717) is 27.3 Å². The Hall–Kier alpha value is -2.92. The third-order valence-electron chi connectivity index (χ3n) is 3.72. The molecule has 0 saturated carbocycles. The maximum atomic E-state index is 12.1. The zero-order valence-electron chi connectivity index (χ0n) is 13.7. The Morgan fingerprint density at radius 3 is 2.56 bits per heavy atom. The van der Waals surface area contributed by atoms with E-state index >= 15 is 0 Å². The molecular weight excluding hydrogens is 340 g/mol. The molecule has 0 fully saturated rings. The van der Waals surface area contributed by atoms with Crippen LogP contribution in [0.15, 0.2) is 62.8 Å². The molecule has 1 heterocycles. The van der Waals surface area contributed by atoms with Crippen LogP contribution in [0.2, 0.25) is 5.02 Å². The summed E-state index contributed by atoms with van der Waals surface area (Å²) in [7, 11) is 0. The summed E-state index contributed by atoms with van der Waals surface area (Å²) < 4.78 is 5.27. The molecule has 0 radical (unpaired) electrons. The van der Waals surface area contributed by atoms with E-state index in [1.807, 2.05) is 19.1 Å². The van der Waals surface area contributed by atoms with Crippen molar-refractivity contribution >= 4 is 34.2 Å². The highest BCUT2D eigenvalue weighted by Crippen LogP contribution is 2.19. The molecule has 6 heteroatoms. The van der Waals surface area contributed by atoms with Gasteiger partial charge in [-0.15, -0.1) is 0 Å². The molecule has 0 atom stereocenters. The lowest BCUT2D eigenvalue weighted by Gasteiger charge is -2.04. The number of hydrazone groups is 1. The first-order chi connectivity index (χ1) is 11.9. The van der Waals surface area contributed by atoms with Crippen LogP contribution < -0.4 is 11.1 Å². The molecule has 1 amide bonds. The van der Waals surface area contributed by atoms with Crippen molar-refractivity contribution in [3.05, 3.63) is 80.7 Å². The van der Waals surface area contributed by atoms with E-state index in [2.05, 4.69) is 10.5 Å². The van der Waals surface area contributed by atoms with Crippen molar-refractivity contribution in [3.8, 4) is 0 Å². The van der Waals surface area contributed by atoms with Gasteiger partial charge in [0.1, 0.15) is 5.58 Å². The first kappa shape index (κ1) is 16.9. The average molecular weight is 355 g/mol. The van der Waals surface area contributed by atoms with Crippen molar-refractivity contribution in [2.75, 3.05) is 0 Å². The molecule has 0 unspecified atom stereocenters. The number of hydrogen-bond acceptors (Lipinski definition) is 4. The quantitative estimate of drug-likeness (QED) is 0.440. The van der Waals surface area contributed by atoms with Gasteiger partial charge in [0.2, 0.25) is 0 Å². The molecular formula is C19H15ClN2O3. The van der Waals surface area contributed by atoms with E-state index in [1.54, 1.807) is 43.3 Å². The zero-order valence-corrected chi connectivity index (χ0v) is 14.4. The lowest BCUT2D eigenvalue weighted by molar-refractivity contribution is 0.0955. The largest absolute Gasteiger partial charge is 0.422 e. The summed E-state index contributed by atoms with van der Waals surface area (Å²) in [6.45, 7) is 3.56. The normalized spacial score (nSPS) is 11.6. The number of hydrogen-bond donors (Lipinski definition) is 1. The highest BCUT2D eigenvalue weighted by molar-refractivity contribution is 6.31.